The van der Waals surface area contributed by atoms with Crippen molar-refractivity contribution in [3.05, 3.63) is 5.69 Å². The highest BCUT2D eigenvalue weighted by Gasteiger charge is 2.25. The minimum absolute atomic E-state index is 0.0443. The molecule has 1 aromatic heterocycles. The first-order valence-electron chi connectivity index (χ1n) is 4.68. The number of aliphatic hydroxyl groups is 1. The molecule has 0 aliphatic heterocycles. The lowest BCUT2D eigenvalue weighted by Gasteiger charge is -2.19. The Labute approximate surface area is 106 Å². The second-order valence-electron chi connectivity index (χ2n) is 3.17. The van der Waals surface area contributed by atoms with E-state index in [-0.39, 0.29) is 29.4 Å². The number of primary amides is 2. The highest BCUT2D eigenvalue weighted by atomic mass is 32.1. The molecule has 0 fully saturated rings. The highest BCUT2D eigenvalue weighted by molar-refractivity contribution is 7.11. The predicted molar refractivity (Wildman–Crippen MR) is 65.4 cm³/mol. The Bertz CT molecular complexity index is 462. The largest absolute Gasteiger partial charge is 0.396 e. The fourth-order valence-electron chi connectivity index (χ4n) is 1.19. The number of nitrogens with two attached hydrogens (primary N) is 4. The Morgan fingerprint density at radius 2 is 1.78 bits per heavy atom. The fourth-order valence-corrected chi connectivity index (χ4v) is 2.04. The predicted octanol–water partition coefficient (Wildman–Crippen LogP) is -1.80. The number of carbonyl (C=O) groups is 2. The van der Waals surface area contributed by atoms with Gasteiger partial charge in [-0.15, -0.1) is 0 Å². The zero-order chi connectivity index (χ0) is 13.9. The van der Waals surface area contributed by atoms with E-state index in [0.29, 0.717) is 10.0 Å². The van der Waals surface area contributed by atoms with Gasteiger partial charge in [0.05, 0.1) is 5.69 Å². The van der Waals surface area contributed by atoms with Crippen molar-refractivity contribution in [2.24, 2.45) is 23.2 Å². The molecule has 0 saturated heterocycles. The number of rotatable bonds is 4. The van der Waals surface area contributed by atoms with E-state index in [1.807, 2.05) is 0 Å². The highest BCUT2D eigenvalue weighted by Crippen LogP contribution is 2.34. The molecular formula is C7H13N7O3S. The first kappa shape index (κ1) is 14.1. The maximum atomic E-state index is 11.1. The third-order valence-electron chi connectivity index (χ3n) is 2.00. The maximum absolute atomic E-state index is 11.1. The van der Waals surface area contributed by atoms with Gasteiger partial charge in [-0.05, 0) is 11.5 Å². The molecule has 0 spiro atoms. The number of anilines is 2. The summed E-state index contributed by atoms with van der Waals surface area (Å²) < 4.78 is 3.94. The molecule has 0 aliphatic carbocycles. The molecule has 1 heterocycles. The molecule has 1 rings (SSSR count). The summed E-state index contributed by atoms with van der Waals surface area (Å²) in [6, 6.07) is -1.91. The van der Waals surface area contributed by atoms with Gasteiger partial charge in [-0.3, -0.25) is 0 Å². The Balaban J connectivity index is 3.26. The van der Waals surface area contributed by atoms with Crippen molar-refractivity contribution in [1.82, 2.24) is 4.37 Å². The molecular weight excluding hydrogens is 262 g/mol. The zero-order valence-corrected chi connectivity index (χ0v) is 10.1. The molecule has 0 saturated carbocycles. The van der Waals surface area contributed by atoms with E-state index in [1.165, 1.54) is 0 Å². The van der Waals surface area contributed by atoms with Gasteiger partial charge in [0, 0.05) is 13.0 Å². The molecule has 11 heteroatoms. The summed E-state index contributed by atoms with van der Waals surface area (Å²) in [6.45, 7) is -0.218. The van der Waals surface area contributed by atoms with Crippen molar-refractivity contribution in [1.29, 1.82) is 0 Å². The Hall–Kier alpha value is -1.95. The van der Waals surface area contributed by atoms with E-state index in [1.54, 1.807) is 0 Å². The fraction of sp³-hybridized carbons (Fsp3) is 0.286. The van der Waals surface area contributed by atoms with E-state index in [0.717, 1.165) is 11.5 Å². The van der Waals surface area contributed by atoms with Gasteiger partial charge in [0.1, 0.15) is 5.69 Å². The SMILES string of the molecule is NC(=O)N(N)c1snc(CCO)c1N(N)C(N)=O. The number of urea groups is 2. The van der Waals surface area contributed by atoms with E-state index in [2.05, 4.69) is 4.37 Å². The molecule has 0 unspecified atom stereocenters. The first-order valence-corrected chi connectivity index (χ1v) is 5.45. The van der Waals surface area contributed by atoms with Crippen LogP contribution in [0.25, 0.3) is 0 Å². The van der Waals surface area contributed by atoms with Gasteiger partial charge < -0.3 is 16.6 Å². The van der Waals surface area contributed by atoms with E-state index >= 15 is 0 Å². The molecule has 0 bridgehead atoms. The van der Waals surface area contributed by atoms with Crippen molar-refractivity contribution in [2.75, 3.05) is 16.6 Å². The summed E-state index contributed by atoms with van der Waals surface area (Å²) in [4.78, 5) is 22.0. The quantitative estimate of drug-likeness (QED) is 0.245. The number of amides is 4. The van der Waals surface area contributed by atoms with E-state index < -0.39 is 12.1 Å². The minimum atomic E-state index is -0.964. The summed E-state index contributed by atoms with van der Waals surface area (Å²) in [7, 11) is 0. The third-order valence-corrected chi connectivity index (χ3v) is 2.88. The molecule has 9 N–H and O–H groups in total. The molecule has 100 valence electrons. The summed E-state index contributed by atoms with van der Waals surface area (Å²) in [5, 5.41) is 10.1. The van der Waals surface area contributed by atoms with Crippen LogP contribution in [0.5, 0.6) is 0 Å². The topological polar surface area (TPSA) is 178 Å². The lowest BCUT2D eigenvalue weighted by atomic mass is 10.2. The number of aliphatic hydroxyl groups excluding tert-OH is 1. The van der Waals surface area contributed by atoms with Crippen molar-refractivity contribution in [2.45, 2.75) is 6.42 Å². The van der Waals surface area contributed by atoms with Gasteiger partial charge >= 0.3 is 12.1 Å². The second-order valence-corrected chi connectivity index (χ2v) is 3.92. The molecule has 10 nitrogen and oxygen atoms in total. The molecule has 0 radical (unpaired) electrons. The van der Waals surface area contributed by atoms with Gasteiger partial charge in [0.2, 0.25) is 0 Å². The number of carbonyl (C=O) groups excluding carboxylic acids is 2. The number of hydrazine groups is 2. The van der Waals surface area contributed by atoms with Crippen molar-refractivity contribution >= 4 is 34.3 Å². The third kappa shape index (κ3) is 2.65. The van der Waals surface area contributed by atoms with Crippen LogP contribution >= 0.6 is 11.5 Å². The van der Waals surface area contributed by atoms with Crippen LogP contribution in [-0.2, 0) is 6.42 Å². The number of aromatic nitrogens is 1. The molecule has 4 amide bonds. The van der Waals surface area contributed by atoms with Crippen molar-refractivity contribution in [3.63, 3.8) is 0 Å². The molecule has 0 atom stereocenters. The van der Waals surface area contributed by atoms with Gasteiger partial charge in [-0.2, -0.15) is 4.37 Å². The summed E-state index contributed by atoms with van der Waals surface area (Å²) in [6.07, 6.45) is 0.124. The van der Waals surface area contributed by atoms with Crippen LogP contribution < -0.4 is 33.2 Å². The van der Waals surface area contributed by atoms with Gasteiger partial charge in [0.15, 0.2) is 5.00 Å². The Kier molecular flexibility index (Phi) is 4.38. The van der Waals surface area contributed by atoms with Crippen molar-refractivity contribution < 1.29 is 14.7 Å². The van der Waals surface area contributed by atoms with Crippen LogP contribution in [0.4, 0.5) is 20.3 Å². The molecule has 1 aromatic rings. The van der Waals surface area contributed by atoms with Crippen molar-refractivity contribution in [3.8, 4) is 0 Å². The maximum Gasteiger partial charge on any atom is 0.334 e. The normalized spacial score (nSPS) is 10.2. The first-order chi connectivity index (χ1) is 8.40. The van der Waals surface area contributed by atoms with Crippen LogP contribution in [0.1, 0.15) is 5.69 Å². The van der Waals surface area contributed by atoms with Gasteiger partial charge in [-0.25, -0.2) is 31.3 Å². The smallest absolute Gasteiger partial charge is 0.334 e. The van der Waals surface area contributed by atoms with Crippen LogP contribution in [0.3, 0.4) is 0 Å². The Morgan fingerprint density at radius 1 is 1.22 bits per heavy atom. The van der Waals surface area contributed by atoms with Gasteiger partial charge in [0.25, 0.3) is 0 Å². The van der Waals surface area contributed by atoms with Gasteiger partial charge in [-0.1, -0.05) is 0 Å². The monoisotopic (exact) mass is 275 g/mol. The number of hydrogen-bond donors (Lipinski definition) is 5. The van der Waals surface area contributed by atoms with Crippen LogP contribution in [0.2, 0.25) is 0 Å². The molecule has 0 aromatic carbocycles. The van der Waals surface area contributed by atoms with Crippen LogP contribution in [-0.4, -0.2) is 28.1 Å². The summed E-state index contributed by atoms with van der Waals surface area (Å²) >= 11 is 0.808. The zero-order valence-electron chi connectivity index (χ0n) is 9.24. The van der Waals surface area contributed by atoms with Crippen LogP contribution in [0.15, 0.2) is 0 Å². The Morgan fingerprint density at radius 3 is 2.22 bits per heavy atom. The second kappa shape index (κ2) is 5.59. The lowest BCUT2D eigenvalue weighted by molar-refractivity contribution is 0.252. The standard InChI is InChI=1S/C7H13N7O3S/c8-6(16)13(10)4-3(1-2-15)12-18-5(4)14(11)7(9)17/h15H,1-2,10-11H2,(H2,8,16)(H2,9,17). The summed E-state index contributed by atoms with van der Waals surface area (Å²) in [5.74, 6) is 10.9. The number of hydrogen-bond acceptors (Lipinski definition) is 7. The average molecular weight is 275 g/mol. The van der Waals surface area contributed by atoms with Crippen LogP contribution in [0, 0.1) is 0 Å². The number of nitrogens with zero attached hydrogens (tertiary/aromatic N) is 3. The van der Waals surface area contributed by atoms with E-state index in [9.17, 15) is 9.59 Å². The molecule has 0 aliphatic rings. The summed E-state index contributed by atoms with van der Waals surface area (Å²) in [5.41, 5.74) is 10.4. The minimum Gasteiger partial charge on any atom is -0.396 e. The lowest BCUT2D eigenvalue weighted by Crippen LogP contribution is -2.45. The van der Waals surface area contributed by atoms with E-state index in [4.69, 9.17) is 28.3 Å². The molecule has 18 heavy (non-hydrogen) atoms. The average Bonchev–Trinajstić information content (AvgIpc) is 2.70.